The molecule has 1 aliphatic heterocycles. The lowest BCUT2D eigenvalue weighted by Crippen LogP contribution is -2.08. The van der Waals surface area contributed by atoms with E-state index >= 15 is 0 Å². The van der Waals surface area contributed by atoms with Gasteiger partial charge in [-0.15, -0.1) is 0 Å². The summed E-state index contributed by atoms with van der Waals surface area (Å²) in [7, 11) is 0. The van der Waals surface area contributed by atoms with Crippen LogP contribution in [0.4, 0.5) is 0 Å². The van der Waals surface area contributed by atoms with Gasteiger partial charge >= 0.3 is 0 Å². The van der Waals surface area contributed by atoms with Crippen LogP contribution in [0, 0.1) is 0 Å². The zero-order chi connectivity index (χ0) is 12.7. The van der Waals surface area contributed by atoms with Crippen LogP contribution in [0.1, 0.15) is 30.2 Å². The van der Waals surface area contributed by atoms with E-state index in [1.807, 2.05) is 24.6 Å². The first-order valence-electron chi connectivity index (χ1n) is 5.87. The average Bonchev–Trinajstić information content (AvgIpc) is 2.96. The number of hydrogen-bond donors (Lipinski definition) is 0. The molecule has 0 aromatic carbocycles. The summed E-state index contributed by atoms with van der Waals surface area (Å²) in [5.74, 6) is 0.589. The number of hydrogen-bond acceptors (Lipinski definition) is 4. The summed E-state index contributed by atoms with van der Waals surface area (Å²) in [6.45, 7) is 4.18. The summed E-state index contributed by atoms with van der Waals surface area (Å²) in [5.41, 5.74) is 2.07. The second-order valence-corrected chi connectivity index (χ2v) is 4.50. The molecule has 5 nitrogen and oxygen atoms in total. The summed E-state index contributed by atoms with van der Waals surface area (Å²) < 4.78 is 7.19. The molecule has 1 aliphatic rings. The molecule has 18 heavy (non-hydrogen) atoms. The Labute approximate surface area is 104 Å². The third kappa shape index (κ3) is 1.51. The molecule has 3 rings (SSSR count). The molecule has 0 N–H and O–H groups in total. The van der Waals surface area contributed by atoms with Crippen LogP contribution in [0.3, 0.4) is 0 Å². The highest BCUT2D eigenvalue weighted by atomic mass is 16.5. The van der Waals surface area contributed by atoms with Crippen molar-refractivity contribution in [2.24, 2.45) is 0 Å². The van der Waals surface area contributed by atoms with Crippen molar-refractivity contribution in [3.63, 3.8) is 0 Å². The lowest BCUT2D eigenvalue weighted by Gasteiger charge is -2.11. The van der Waals surface area contributed by atoms with Gasteiger partial charge in [0.25, 0.3) is 0 Å². The van der Waals surface area contributed by atoms with Crippen LogP contribution in [0.2, 0.25) is 0 Å². The van der Waals surface area contributed by atoms with E-state index < -0.39 is 0 Å². The first-order valence-corrected chi connectivity index (χ1v) is 5.87. The highest BCUT2D eigenvalue weighted by Gasteiger charge is 2.27. The Bertz CT molecular complexity index is 616. The second-order valence-electron chi connectivity index (χ2n) is 4.50. The largest absolute Gasteiger partial charge is 0.485 e. The highest BCUT2D eigenvalue weighted by Crippen LogP contribution is 2.33. The summed E-state index contributed by atoms with van der Waals surface area (Å²) in [6, 6.07) is 3.80. The molecular formula is C13H13N3O2. The number of rotatable bonds is 2. The van der Waals surface area contributed by atoms with Gasteiger partial charge in [0.2, 0.25) is 5.78 Å². The van der Waals surface area contributed by atoms with Crippen LogP contribution in [0.5, 0.6) is 5.75 Å². The molecule has 3 heterocycles. The fourth-order valence-corrected chi connectivity index (χ4v) is 2.16. The smallest absolute Gasteiger partial charge is 0.206 e. The predicted molar refractivity (Wildman–Crippen MR) is 65.7 cm³/mol. The van der Waals surface area contributed by atoms with Crippen LogP contribution >= 0.6 is 0 Å². The molecule has 0 radical (unpaired) electrons. The zero-order valence-electron chi connectivity index (χ0n) is 10.3. The fourth-order valence-electron chi connectivity index (χ4n) is 2.16. The van der Waals surface area contributed by atoms with Crippen molar-refractivity contribution in [2.45, 2.75) is 19.9 Å². The minimum absolute atomic E-state index is 0.0235. The summed E-state index contributed by atoms with van der Waals surface area (Å²) in [6.07, 6.45) is 3.38. The summed E-state index contributed by atoms with van der Waals surface area (Å²) in [5, 5.41) is 4.27. The van der Waals surface area contributed by atoms with E-state index in [2.05, 4.69) is 10.1 Å². The highest BCUT2D eigenvalue weighted by molar-refractivity contribution is 6.06. The molecule has 0 fully saturated rings. The fraction of sp³-hybridized carbons (Fsp3) is 0.308. The van der Waals surface area contributed by atoms with Gasteiger partial charge in [-0.2, -0.15) is 5.10 Å². The molecule has 2 aromatic rings. The topological polar surface area (TPSA) is 57.0 Å². The third-order valence-electron chi connectivity index (χ3n) is 2.95. The maximum Gasteiger partial charge on any atom is 0.206 e. The number of carbonyl (C=O) groups excluding carboxylic acids is 1. The SMILES string of the molecule is CC(C)n1nccc1-c1nccc2c1C(=O)CO2. The van der Waals surface area contributed by atoms with E-state index in [0.29, 0.717) is 17.0 Å². The van der Waals surface area contributed by atoms with Gasteiger partial charge in [-0.05, 0) is 26.0 Å². The van der Waals surface area contributed by atoms with Crippen LogP contribution in [0.25, 0.3) is 11.4 Å². The van der Waals surface area contributed by atoms with Gasteiger partial charge in [0.1, 0.15) is 11.4 Å². The van der Waals surface area contributed by atoms with Gasteiger partial charge in [-0.1, -0.05) is 0 Å². The molecule has 0 atom stereocenters. The Hall–Kier alpha value is -2.17. The van der Waals surface area contributed by atoms with E-state index in [0.717, 1.165) is 5.69 Å². The van der Waals surface area contributed by atoms with E-state index in [1.165, 1.54) is 0 Å². The van der Waals surface area contributed by atoms with Crippen molar-refractivity contribution in [3.8, 4) is 17.1 Å². The van der Waals surface area contributed by atoms with E-state index in [4.69, 9.17) is 4.74 Å². The molecule has 92 valence electrons. The van der Waals surface area contributed by atoms with Gasteiger partial charge in [-0.25, -0.2) is 0 Å². The van der Waals surface area contributed by atoms with Crippen molar-refractivity contribution in [3.05, 3.63) is 30.1 Å². The van der Waals surface area contributed by atoms with E-state index in [9.17, 15) is 4.79 Å². The number of ether oxygens (including phenoxy) is 1. The van der Waals surface area contributed by atoms with Gasteiger partial charge in [0, 0.05) is 18.4 Å². The first kappa shape index (κ1) is 11.0. The van der Waals surface area contributed by atoms with E-state index in [1.54, 1.807) is 18.5 Å². The standard InChI is InChI=1S/C13H13N3O2/c1-8(2)16-9(3-6-15-16)13-12-10(17)7-18-11(12)4-5-14-13/h3-6,8H,7H2,1-2H3. The maximum absolute atomic E-state index is 11.9. The molecule has 0 unspecified atom stereocenters. The minimum Gasteiger partial charge on any atom is -0.485 e. The number of pyridine rings is 1. The van der Waals surface area contributed by atoms with Crippen molar-refractivity contribution in [2.75, 3.05) is 6.61 Å². The Morgan fingerprint density at radius 3 is 2.94 bits per heavy atom. The minimum atomic E-state index is -0.0235. The monoisotopic (exact) mass is 243 g/mol. The second kappa shape index (κ2) is 3.94. The van der Waals surface area contributed by atoms with Crippen molar-refractivity contribution in [1.29, 1.82) is 0 Å². The molecule has 5 heteroatoms. The number of fused-ring (bicyclic) bond motifs is 1. The first-order chi connectivity index (χ1) is 8.68. The van der Waals surface area contributed by atoms with Crippen LogP contribution in [-0.4, -0.2) is 27.2 Å². The van der Waals surface area contributed by atoms with Crippen LogP contribution in [0.15, 0.2) is 24.5 Å². The Kier molecular flexibility index (Phi) is 2.40. The van der Waals surface area contributed by atoms with Crippen molar-refractivity contribution >= 4 is 5.78 Å². The average molecular weight is 243 g/mol. The quantitative estimate of drug-likeness (QED) is 0.810. The summed E-state index contributed by atoms with van der Waals surface area (Å²) >= 11 is 0. The maximum atomic E-state index is 11.9. The predicted octanol–water partition coefficient (Wildman–Crippen LogP) is 2.10. The number of nitrogens with zero attached hydrogens (tertiary/aromatic N) is 3. The summed E-state index contributed by atoms with van der Waals surface area (Å²) in [4.78, 5) is 16.2. The lowest BCUT2D eigenvalue weighted by atomic mass is 10.1. The molecule has 0 spiro atoms. The Morgan fingerprint density at radius 1 is 1.33 bits per heavy atom. The number of Topliss-reactive ketones (excluding diaryl/α,β-unsaturated/α-hetero) is 1. The number of ketones is 1. The van der Waals surface area contributed by atoms with E-state index in [-0.39, 0.29) is 18.4 Å². The van der Waals surface area contributed by atoms with Gasteiger partial charge in [0.05, 0.1) is 11.3 Å². The molecule has 0 bridgehead atoms. The molecular weight excluding hydrogens is 230 g/mol. The van der Waals surface area contributed by atoms with Gasteiger partial charge in [-0.3, -0.25) is 14.5 Å². The number of carbonyl (C=O) groups is 1. The normalized spacial score (nSPS) is 13.8. The van der Waals surface area contributed by atoms with Crippen molar-refractivity contribution < 1.29 is 9.53 Å². The number of aromatic nitrogens is 3. The lowest BCUT2D eigenvalue weighted by molar-refractivity contribution is 0.0961. The van der Waals surface area contributed by atoms with Gasteiger partial charge in [0.15, 0.2) is 6.61 Å². The third-order valence-corrected chi connectivity index (χ3v) is 2.95. The molecule has 0 saturated carbocycles. The molecule has 0 saturated heterocycles. The molecule has 0 aliphatic carbocycles. The van der Waals surface area contributed by atoms with Gasteiger partial charge < -0.3 is 4.74 Å². The Morgan fingerprint density at radius 2 is 2.17 bits per heavy atom. The van der Waals surface area contributed by atoms with Crippen LogP contribution in [-0.2, 0) is 0 Å². The van der Waals surface area contributed by atoms with Crippen molar-refractivity contribution in [1.82, 2.24) is 14.8 Å². The molecule has 0 amide bonds. The van der Waals surface area contributed by atoms with Crippen LogP contribution < -0.4 is 4.74 Å². The Balaban J connectivity index is 2.22. The molecule has 2 aromatic heterocycles. The zero-order valence-corrected chi connectivity index (χ0v) is 10.3.